The maximum atomic E-state index is 11.7. The number of nitro benzene ring substituents is 1. The quantitative estimate of drug-likeness (QED) is 0.612. The lowest BCUT2D eigenvalue weighted by Gasteiger charge is -2.10. The number of fused-ring (bicyclic) bond motifs is 1. The first-order chi connectivity index (χ1) is 8.95. The van der Waals surface area contributed by atoms with Crippen LogP contribution in [-0.4, -0.2) is 21.9 Å². The highest BCUT2D eigenvalue weighted by Crippen LogP contribution is 2.39. The van der Waals surface area contributed by atoms with Crippen LogP contribution in [0.25, 0.3) is 0 Å². The molecule has 0 aromatic heterocycles. The third kappa shape index (κ3) is 1.97. The minimum atomic E-state index is -1.58. The molecule has 1 aromatic carbocycles. The van der Waals surface area contributed by atoms with Crippen molar-refractivity contribution < 1.29 is 19.6 Å². The van der Waals surface area contributed by atoms with Crippen molar-refractivity contribution in [3.8, 4) is 6.07 Å². The standard InChI is InChI=1S/C11H7N3O5/c12-4-7(11(16)17)9-6-3-5(14(18)19)1-2-8(6)13-10(9)15/h1-3,7,9H,(H,13,15)(H,16,17). The summed E-state index contributed by atoms with van der Waals surface area (Å²) in [5.41, 5.74) is 0.192. The Hall–Kier alpha value is -2.95. The molecule has 1 aliphatic heterocycles. The molecule has 19 heavy (non-hydrogen) atoms. The summed E-state index contributed by atoms with van der Waals surface area (Å²) in [5.74, 6) is -4.91. The number of nitro groups is 1. The van der Waals surface area contributed by atoms with E-state index >= 15 is 0 Å². The number of benzene rings is 1. The minimum Gasteiger partial charge on any atom is -0.480 e. The molecule has 1 amide bonds. The molecule has 1 aromatic rings. The lowest BCUT2D eigenvalue weighted by molar-refractivity contribution is -0.384. The second kappa shape index (κ2) is 4.38. The fourth-order valence-corrected chi connectivity index (χ4v) is 1.99. The van der Waals surface area contributed by atoms with Crippen LogP contribution in [0, 0.1) is 27.4 Å². The molecule has 8 nitrogen and oxygen atoms in total. The van der Waals surface area contributed by atoms with Gasteiger partial charge in [-0.25, -0.2) is 0 Å². The molecular weight excluding hydrogens is 254 g/mol. The Labute approximate surface area is 106 Å². The van der Waals surface area contributed by atoms with E-state index in [0.717, 1.165) is 6.07 Å². The first-order valence-corrected chi connectivity index (χ1v) is 5.17. The van der Waals surface area contributed by atoms with Crippen LogP contribution < -0.4 is 5.32 Å². The summed E-state index contributed by atoms with van der Waals surface area (Å²) in [6.07, 6.45) is 0. The van der Waals surface area contributed by atoms with Crippen molar-refractivity contribution in [2.24, 2.45) is 5.92 Å². The Morgan fingerprint density at radius 2 is 2.26 bits per heavy atom. The first kappa shape index (κ1) is 12.5. The normalized spacial score (nSPS) is 18.1. The lowest BCUT2D eigenvalue weighted by Crippen LogP contribution is -2.26. The molecule has 1 aliphatic rings. The summed E-state index contributed by atoms with van der Waals surface area (Å²) in [4.78, 5) is 32.7. The van der Waals surface area contributed by atoms with Crippen molar-refractivity contribution in [2.75, 3.05) is 5.32 Å². The second-order valence-corrected chi connectivity index (χ2v) is 3.94. The smallest absolute Gasteiger partial charge is 0.322 e. The van der Waals surface area contributed by atoms with Crippen LogP contribution in [0.2, 0.25) is 0 Å². The molecular formula is C11H7N3O5. The summed E-state index contributed by atoms with van der Waals surface area (Å²) in [6, 6.07) is 5.17. The van der Waals surface area contributed by atoms with Crippen molar-refractivity contribution >= 4 is 23.3 Å². The van der Waals surface area contributed by atoms with Crippen LogP contribution >= 0.6 is 0 Å². The van der Waals surface area contributed by atoms with Crippen LogP contribution in [0.1, 0.15) is 11.5 Å². The Morgan fingerprint density at radius 3 is 2.79 bits per heavy atom. The van der Waals surface area contributed by atoms with E-state index in [-0.39, 0.29) is 11.3 Å². The van der Waals surface area contributed by atoms with E-state index in [4.69, 9.17) is 10.4 Å². The summed E-state index contributed by atoms with van der Waals surface area (Å²) in [7, 11) is 0. The highest BCUT2D eigenvalue weighted by atomic mass is 16.6. The van der Waals surface area contributed by atoms with Gasteiger partial charge in [-0.2, -0.15) is 5.26 Å². The van der Waals surface area contributed by atoms with Gasteiger partial charge < -0.3 is 10.4 Å². The van der Waals surface area contributed by atoms with Crippen LogP contribution in [0.4, 0.5) is 11.4 Å². The Morgan fingerprint density at radius 1 is 1.58 bits per heavy atom. The molecule has 96 valence electrons. The number of carbonyl (C=O) groups excluding carboxylic acids is 1. The largest absolute Gasteiger partial charge is 0.480 e. The van der Waals surface area contributed by atoms with Crippen LogP contribution in [0.3, 0.4) is 0 Å². The van der Waals surface area contributed by atoms with E-state index in [1.807, 2.05) is 0 Å². The maximum Gasteiger partial charge on any atom is 0.322 e. The van der Waals surface area contributed by atoms with Gasteiger partial charge in [-0.05, 0) is 11.6 Å². The van der Waals surface area contributed by atoms with E-state index in [1.54, 1.807) is 0 Å². The number of nitrogens with one attached hydrogen (secondary N) is 1. The van der Waals surface area contributed by atoms with Gasteiger partial charge in [0.05, 0.1) is 16.9 Å². The molecule has 8 heteroatoms. The molecule has 0 bridgehead atoms. The number of anilines is 1. The predicted octanol–water partition coefficient (Wildman–Crippen LogP) is 0.855. The number of amides is 1. The third-order valence-corrected chi connectivity index (χ3v) is 2.86. The zero-order valence-electron chi connectivity index (χ0n) is 9.36. The number of nitrogens with zero attached hydrogens (tertiary/aromatic N) is 2. The Balaban J connectivity index is 2.53. The molecule has 2 rings (SSSR count). The first-order valence-electron chi connectivity index (χ1n) is 5.17. The minimum absolute atomic E-state index is 0.160. The molecule has 2 atom stereocenters. The third-order valence-electron chi connectivity index (χ3n) is 2.86. The number of carbonyl (C=O) groups is 2. The Kier molecular flexibility index (Phi) is 2.88. The molecule has 1 heterocycles. The van der Waals surface area contributed by atoms with Gasteiger partial charge in [-0.1, -0.05) is 0 Å². The van der Waals surface area contributed by atoms with Crippen LogP contribution in [0.5, 0.6) is 0 Å². The molecule has 0 saturated heterocycles. The number of rotatable bonds is 3. The summed E-state index contributed by atoms with van der Waals surface area (Å²) in [5, 5.41) is 30.8. The van der Waals surface area contributed by atoms with Gasteiger partial charge in [0, 0.05) is 17.8 Å². The van der Waals surface area contributed by atoms with E-state index < -0.39 is 28.6 Å². The SMILES string of the molecule is N#CC(C(=O)O)C1C(=O)Nc2ccc([N+](=O)[O-])cc21. The molecule has 0 spiro atoms. The van der Waals surface area contributed by atoms with Gasteiger partial charge in [0.2, 0.25) is 5.91 Å². The molecule has 0 saturated carbocycles. The van der Waals surface area contributed by atoms with Gasteiger partial charge in [0.15, 0.2) is 5.92 Å². The van der Waals surface area contributed by atoms with Crippen molar-refractivity contribution in [3.05, 3.63) is 33.9 Å². The monoisotopic (exact) mass is 261 g/mol. The fourth-order valence-electron chi connectivity index (χ4n) is 1.99. The zero-order valence-corrected chi connectivity index (χ0v) is 9.36. The molecule has 0 aliphatic carbocycles. The molecule has 2 unspecified atom stereocenters. The fraction of sp³-hybridized carbons (Fsp3) is 0.182. The Bertz CT molecular complexity index is 634. The summed E-state index contributed by atoms with van der Waals surface area (Å²) >= 11 is 0. The van der Waals surface area contributed by atoms with Crippen molar-refractivity contribution in [3.63, 3.8) is 0 Å². The number of carboxylic acid groups (broad SMARTS) is 1. The number of hydrogen-bond donors (Lipinski definition) is 2. The van der Waals surface area contributed by atoms with Gasteiger partial charge in [0.25, 0.3) is 5.69 Å². The number of nitriles is 1. The van der Waals surface area contributed by atoms with Crippen molar-refractivity contribution in [1.82, 2.24) is 0 Å². The van der Waals surface area contributed by atoms with Crippen molar-refractivity contribution in [1.29, 1.82) is 5.26 Å². The van der Waals surface area contributed by atoms with E-state index in [2.05, 4.69) is 5.32 Å². The number of carboxylic acids is 1. The van der Waals surface area contributed by atoms with Gasteiger partial charge in [-0.3, -0.25) is 19.7 Å². The topological polar surface area (TPSA) is 133 Å². The summed E-state index contributed by atoms with van der Waals surface area (Å²) in [6.45, 7) is 0. The zero-order chi connectivity index (χ0) is 14.2. The van der Waals surface area contributed by atoms with Gasteiger partial charge >= 0.3 is 5.97 Å². The predicted molar refractivity (Wildman–Crippen MR) is 61.2 cm³/mol. The van der Waals surface area contributed by atoms with E-state index in [9.17, 15) is 19.7 Å². The molecule has 2 N–H and O–H groups in total. The van der Waals surface area contributed by atoms with Crippen LogP contribution in [0.15, 0.2) is 18.2 Å². The summed E-state index contributed by atoms with van der Waals surface area (Å²) < 4.78 is 0. The number of aliphatic carboxylic acids is 1. The number of hydrogen-bond acceptors (Lipinski definition) is 5. The van der Waals surface area contributed by atoms with Crippen molar-refractivity contribution in [2.45, 2.75) is 5.92 Å². The highest BCUT2D eigenvalue weighted by Gasteiger charge is 2.41. The second-order valence-electron chi connectivity index (χ2n) is 3.94. The van der Waals surface area contributed by atoms with Crippen LogP contribution in [-0.2, 0) is 9.59 Å². The van der Waals surface area contributed by atoms with E-state index in [1.165, 1.54) is 18.2 Å². The lowest BCUT2D eigenvalue weighted by atomic mass is 9.88. The maximum absolute atomic E-state index is 11.7. The average molecular weight is 261 g/mol. The van der Waals surface area contributed by atoms with Gasteiger partial charge in [-0.15, -0.1) is 0 Å². The van der Waals surface area contributed by atoms with Gasteiger partial charge in [0.1, 0.15) is 0 Å². The molecule has 0 fully saturated rings. The number of non-ortho nitro benzene ring substituents is 1. The average Bonchev–Trinajstić information content (AvgIpc) is 2.66. The highest BCUT2D eigenvalue weighted by molar-refractivity contribution is 6.05. The molecule has 0 radical (unpaired) electrons. The van der Waals surface area contributed by atoms with E-state index in [0.29, 0.717) is 5.69 Å².